The summed E-state index contributed by atoms with van der Waals surface area (Å²) in [6.45, 7) is 6.52. The minimum atomic E-state index is -0.216. The van der Waals surface area contributed by atoms with Gasteiger partial charge in [-0.1, -0.05) is 6.07 Å². The third-order valence-electron chi connectivity index (χ3n) is 4.59. The molecule has 1 amide bonds. The Morgan fingerprint density at radius 2 is 1.96 bits per heavy atom. The van der Waals surface area contributed by atoms with Crippen molar-refractivity contribution in [2.45, 2.75) is 19.1 Å². The first-order chi connectivity index (χ1) is 11.2. The monoisotopic (exact) mass is 391 g/mol. The number of benzene rings is 1. The molecule has 2 heterocycles. The molecule has 0 radical (unpaired) electrons. The first-order valence-electron chi connectivity index (χ1n) is 8.22. The van der Waals surface area contributed by atoms with Crippen LogP contribution in [0, 0.1) is 0 Å². The number of amides is 1. The quantitative estimate of drug-likeness (QED) is 0.847. The number of hydrogen-bond acceptors (Lipinski definition) is 5. The van der Waals surface area contributed by atoms with Gasteiger partial charge in [0, 0.05) is 44.5 Å². The first kappa shape index (κ1) is 21.8. The fourth-order valence-corrected chi connectivity index (χ4v) is 3.20. The van der Waals surface area contributed by atoms with Gasteiger partial charge in [0.05, 0.1) is 19.8 Å². The summed E-state index contributed by atoms with van der Waals surface area (Å²) in [6, 6.07) is 7.84. The van der Waals surface area contributed by atoms with Gasteiger partial charge in [0.2, 0.25) is 5.91 Å². The lowest BCUT2D eigenvalue weighted by Gasteiger charge is -2.39. The second-order valence-electron chi connectivity index (χ2n) is 6.02. The van der Waals surface area contributed by atoms with E-state index in [-0.39, 0.29) is 42.9 Å². The number of halogens is 2. The zero-order chi connectivity index (χ0) is 16.2. The molecule has 2 saturated heterocycles. The van der Waals surface area contributed by atoms with Gasteiger partial charge < -0.3 is 24.6 Å². The fourth-order valence-electron chi connectivity index (χ4n) is 3.20. The Balaban J connectivity index is 0.00000156. The second-order valence-corrected chi connectivity index (χ2v) is 6.02. The zero-order valence-electron chi connectivity index (χ0n) is 14.6. The Bertz CT molecular complexity index is 554. The third kappa shape index (κ3) is 5.14. The molecule has 0 bridgehead atoms. The predicted octanol–water partition coefficient (Wildman–Crippen LogP) is 1.56. The van der Waals surface area contributed by atoms with Crippen LogP contribution in [0.3, 0.4) is 0 Å². The van der Waals surface area contributed by atoms with Gasteiger partial charge in [-0.15, -0.1) is 24.8 Å². The summed E-state index contributed by atoms with van der Waals surface area (Å²) in [5, 5.41) is 3.28. The normalized spacial score (nSPS) is 23.3. The predicted molar refractivity (Wildman–Crippen MR) is 103 cm³/mol. The van der Waals surface area contributed by atoms with Crippen LogP contribution in [0.5, 0.6) is 5.75 Å². The number of nitrogens with zero attached hydrogens (tertiary/aromatic N) is 2. The SMILES string of the molecule is COc1cccc(N2CCN(C(=O)[C@H]3NCCO[C@@H]3C)CC2)c1.Cl.Cl. The fraction of sp³-hybridized carbons (Fsp3) is 0.588. The van der Waals surface area contributed by atoms with E-state index in [1.165, 1.54) is 0 Å². The molecular weight excluding hydrogens is 365 g/mol. The van der Waals surface area contributed by atoms with Crippen molar-refractivity contribution in [2.24, 2.45) is 0 Å². The van der Waals surface area contributed by atoms with Gasteiger partial charge in [0.15, 0.2) is 0 Å². The standard InChI is InChI=1S/C17H25N3O3.2ClH/c1-13-16(18-6-11-23-13)17(21)20-9-7-19(8-10-20)14-4-3-5-15(12-14)22-2;;/h3-5,12-13,16,18H,6-11H2,1-2H3;2*1H/t13-,16+;;/m1../s1. The highest BCUT2D eigenvalue weighted by molar-refractivity contribution is 5.85. The number of carbonyl (C=O) groups is 1. The molecule has 6 nitrogen and oxygen atoms in total. The van der Waals surface area contributed by atoms with Crippen molar-refractivity contribution < 1.29 is 14.3 Å². The second kappa shape index (κ2) is 10.1. The molecule has 0 spiro atoms. The number of morpholine rings is 1. The van der Waals surface area contributed by atoms with Gasteiger partial charge in [-0.2, -0.15) is 0 Å². The first-order valence-corrected chi connectivity index (χ1v) is 8.22. The maximum Gasteiger partial charge on any atom is 0.242 e. The van der Waals surface area contributed by atoms with Gasteiger partial charge in [-0.05, 0) is 19.1 Å². The maximum atomic E-state index is 12.7. The van der Waals surface area contributed by atoms with Crippen molar-refractivity contribution in [2.75, 3.05) is 51.3 Å². The number of ether oxygens (including phenoxy) is 2. The lowest BCUT2D eigenvalue weighted by atomic mass is 10.1. The minimum absolute atomic E-state index is 0. The Morgan fingerprint density at radius 1 is 1.24 bits per heavy atom. The molecule has 0 aromatic heterocycles. The summed E-state index contributed by atoms with van der Waals surface area (Å²) in [7, 11) is 1.68. The van der Waals surface area contributed by atoms with Gasteiger partial charge in [0.1, 0.15) is 11.8 Å². The summed E-state index contributed by atoms with van der Waals surface area (Å²) < 4.78 is 10.9. The van der Waals surface area contributed by atoms with Crippen LogP contribution in [0.2, 0.25) is 0 Å². The summed E-state index contributed by atoms with van der Waals surface area (Å²) in [6.07, 6.45) is -0.0623. The molecule has 3 rings (SSSR count). The highest BCUT2D eigenvalue weighted by Crippen LogP contribution is 2.22. The van der Waals surface area contributed by atoms with E-state index in [1.807, 2.05) is 30.0 Å². The van der Waals surface area contributed by atoms with E-state index < -0.39 is 0 Å². The van der Waals surface area contributed by atoms with Gasteiger partial charge in [0.25, 0.3) is 0 Å². The molecule has 2 fully saturated rings. The van der Waals surface area contributed by atoms with Crippen LogP contribution in [0.15, 0.2) is 24.3 Å². The third-order valence-corrected chi connectivity index (χ3v) is 4.59. The Morgan fingerprint density at radius 3 is 2.60 bits per heavy atom. The molecular formula is C17H27Cl2N3O3. The number of carbonyl (C=O) groups excluding carboxylic acids is 1. The molecule has 1 aromatic carbocycles. The van der Waals surface area contributed by atoms with Crippen LogP contribution in [-0.2, 0) is 9.53 Å². The average molecular weight is 392 g/mol. The number of hydrogen-bond donors (Lipinski definition) is 1. The lowest BCUT2D eigenvalue weighted by Crippen LogP contribution is -2.59. The summed E-state index contributed by atoms with van der Waals surface area (Å²) in [5.74, 6) is 1.01. The van der Waals surface area contributed by atoms with E-state index in [9.17, 15) is 4.79 Å². The van der Waals surface area contributed by atoms with Crippen LogP contribution in [0.1, 0.15) is 6.92 Å². The molecule has 0 saturated carbocycles. The maximum absolute atomic E-state index is 12.7. The van der Waals surface area contributed by atoms with Crippen molar-refractivity contribution in [3.8, 4) is 5.75 Å². The Hall–Kier alpha value is -1.21. The smallest absolute Gasteiger partial charge is 0.242 e. The summed E-state index contributed by atoms with van der Waals surface area (Å²) >= 11 is 0. The average Bonchev–Trinajstić information content (AvgIpc) is 2.62. The van der Waals surface area contributed by atoms with E-state index in [4.69, 9.17) is 9.47 Å². The number of piperazine rings is 1. The van der Waals surface area contributed by atoms with Gasteiger partial charge in [-0.3, -0.25) is 4.79 Å². The van der Waals surface area contributed by atoms with Crippen LogP contribution < -0.4 is 15.0 Å². The van der Waals surface area contributed by atoms with Crippen LogP contribution >= 0.6 is 24.8 Å². The highest BCUT2D eigenvalue weighted by Gasteiger charge is 2.33. The summed E-state index contributed by atoms with van der Waals surface area (Å²) in [5.41, 5.74) is 1.14. The molecule has 2 aliphatic rings. The summed E-state index contributed by atoms with van der Waals surface area (Å²) in [4.78, 5) is 16.9. The van der Waals surface area contributed by atoms with E-state index in [2.05, 4.69) is 16.3 Å². The van der Waals surface area contributed by atoms with Crippen LogP contribution in [-0.4, -0.2) is 69.4 Å². The molecule has 25 heavy (non-hydrogen) atoms. The van der Waals surface area contributed by atoms with Crippen molar-refractivity contribution in [1.29, 1.82) is 0 Å². The lowest BCUT2D eigenvalue weighted by molar-refractivity contribution is -0.139. The van der Waals surface area contributed by atoms with E-state index in [0.29, 0.717) is 6.61 Å². The number of anilines is 1. The number of nitrogens with one attached hydrogen (secondary N) is 1. The van der Waals surface area contributed by atoms with Gasteiger partial charge in [-0.25, -0.2) is 0 Å². The zero-order valence-corrected chi connectivity index (χ0v) is 16.3. The number of rotatable bonds is 3. The molecule has 2 atom stereocenters. The largest absolute Gasteiger partial charge is 0.497 e. The number of methoxy groups -OCH3 is 1. The van der Waals surface area contributed by atoms with Crippen molar-refractivity contribution >= 4 is 36.4 Å². The van der Waals surface area contributed by atoms with E-state index in [0.717, 1.165) is 44.2 Å². The van der Waals surface area contributed by atoms with Crippen molar-refractivity contribution in [3.05, 3.63) is 24.3 Å². The van der Waals surface area contributed by atoms with E-state index >= 15 is 0 Å². The molecule has 1 aromatic rings. The molecule has 2 aliphatic heterocycles. The molecule has 142 valence electrons. The molecule has 0 unspecified atom stereocenters. The highest BCUT2D eigenvalue weighted by atomic mass is 35.5. The van der Waals surface area contributed by atoms with Crippen molar-refractivity contribution in [1.82, 2.24) is 10.2 Å². The van der Waals surface area contributed by atoms with Crippen LogP contribution in [0.4, 0.5) is 5.69 Å². The molecule has 1 N–H and O–H groups in total. The Kier molecular flexibility index (Phi) is 8.79. The molecule has 0 aliphatic carbocycles. The minimum Gasteiger partial charge on any atom is -0.497 e. The topological polar surface area (TPSA) is 54.0 Å². The van der Waals surface area contributed by atoms with Crippen molar-refractivity contribution in [3.63, 3.8) is 0 Å². The van der Waals surface area contributed by atoms with Gasteiger partial charge >= 0.3 is 0 Å². The molecule has 8 heteroatoms. The van der Waals surface area contributed by atoms with E-state index in [1.54, 1.807) is 7.11 Å². The Labute approximate surface area is 161 Å². The van der Waals surface area contributed by atoms with Crippen LogP contribution in [0.25, 0.3) is 0 Å².